The predicted octanol–water partition coefficient (Wildman–Crippen LogP) is 3.80. The summed E-state index contributed by atoms with van der Waals surface area (Å²) in [5, 5.41) is 28.3. The van der Waals surface area contributed by atoms with Crippen molar-refractivity contribution in [2.24, 2.45) is 0 Å². The molecule has 1 atom stereocenters. The van der Waals surface area contributed by atoms with Crippen LogP contribution in [0.15, 0.2) is 78.9 Å². The summed E-state index contributed by atoms with van der Waals surface area (Å²) in [5.74, 6) is -0.885. The Balaban J connectivity index is 0.000000757. The average molecular weight is 526 g/mol. The van der Waals surface area contributed by atoms with Gasteiger partial charge in [0.2, 0.25) is 0 Å². The second-order valence-corrected chi connectivity index (χ2v) is 8.33. The molecular formula is C29H35NO8. The van der Waals surface area contributed by atoms with Crippen molar-refractivity contribution < 1.29 is 39.1 Å². The number of benzene rings is 3. The maximum absolute atomic E-state index is 10.2. The van der Waals surface area contributed by atoms with Crippen LogP contribution in [0, 0.1) is 0 Å². The minimum Gasteiger partial charge on any atom is -0.497 e. The molecule has 0 spiro atoms. The van der Waals surface area contributed by atoms with Gasteiger partial charge in [-0.2, -0.15) is 0 Å². The number of carboxylic acid groups (broad SMARTS) is 2. The number of methoxy groups -OCH3 is 2. The van der Waals surface area contributed by atoms with Gasteiger partial charge in [-0.3, -0.25) is 0 Å². The monoisotopic (exact) mass is 525 g/mol. The van der Waals surface area contributed by atoms with E-state index in [0.717, 1.165) is 36.6 Å². The van der Waals surface area contributed by atoms with E-state index in [2.05, 4.69) is 29.6 Å². The molecule has 0 saturated carbocycles. The van der Waals surface area contributed by atoms with Crippen LogP contribution in [0.3, 0.4) is 0 Å². The zero-order valence-electron chi connectivity index (χ0n) is 21.6. The predicted molar refractivity (Wildman–Crippen MR) is 143 cm³/mol. The fourth-order valence-electron chi connectivity index (χ4n) is 3.67. The van der Waals surface area contributed by atoms with Crippen LogP contribution in [-0.2, 0) is 9.59 Å². The molecule has 0 saturated heterocycles. The van der Waals surface area contributed by atoms with Gasteiger partial charge in [0, 0.05) is 12.5 Å². The van der Waals surface area contributed by atoms with Crippen LogP contribution in [-0.4, -0.2) is 67.3 Å². The van der Waals surface area contributed by atoms with Crippen molar-refractivity contribution in [3.05, 3.63) is 90.0 Å². The van der Waals surface area contributed by atoms with Gasteiger partial charge in [-0.05, 0) is 66.9 Å². The van der Waals surface area contributed by atoms with Crippen LogP contribution in [0.25, 0.3) is 0 Å². The molecule has 9 nitrogen and oxygen atoms in total. The lowest BCUT2D eigenvalue weighted by Crippen LogP contribution is -2.32. The van der Waals surface area contributed by atoms with Gasteiger partial charge in [0.15, 0.2) is 0 Å². The van der Waals surface area contributed by atoms with Gasteiger partial charge in [-0.1, -0.05) is 42.5 Å². The minimum atomic E-state index is -1.82. The van der Waals surface area contributed by atoms with Gasteiger partial charge in [0.1, 0.15) is 30.0 Å². The summed E-state index contributed by atoms with van der Waals surface area (Å²) in [4.78, 5) is 18.2. The molecule has 0 heterocycles. The van der Waals surface area contributed by atoms with E-state index in [0.29, 0.717) is 6.54 Å². The highest BCUT2D eigenvalue weighted by Crippen LogP contribution is 2.31. The molecule has 0 unspecified atom stereocenters. The molecule has 204 valence electrons. The Morgan fingerprint density at radius 2 is 1.26 bits per heavy atom. The Kier molecular flexibility index (Phi) is 13.2. The largest absolute Gasteiger partial charge is 0.497 e. The highest BCUT2D eigenvalue weighted by atomic mass is 16.5. The van der Waals surface area contributed by atoms with Crippen molar-refractivity contribution >= 4 is 11.9 Å². The Labute approximate surface area is 222 Å². The van der Waals surface area contributed by atoms with E-state index in [1.807, 2.05) is 54.6 Å². The highest BCUT2D eigenvalue weighted by Gasteiger charge is 2.15. The molecule has 0 aromatic heterocycles. The maximum Gasteiger partial charge on any atom is 0.414 e. The molecule has 0 aliphatic heterocycles. The van der Waals surface area contributed by atoms with Crippen LogP contribution in [0.2, 0.25) is 0 Å². The molecule has 3 aromatic rings. The molecule has 0 amide bonds. The summed E-state index contributed by atoms with van der Waals surface area (Å²) in [5.41, 5.74) is 2.51. The fourth-order valence-corrected chi connectivity index (χ4v) is 3.67. The summed E-state index contributed by atoms with van der Waals surface area (Å²) < 4.78 is 16.2. The van der Waals surface area contributed by atoms with E-state index in [1.54, 1.807) is 14.2 Å². The molecule has 38 heavy (non-hydrogen) atoms. The number of aliphatic hydroxyl groups excluding tert-OH is 1. The SMILES string of the molecule is COc1ccc(C(CCCNC[C@H](O)COc2ccccc2)c2ccc(OC)cc2)cc1.O=C(O)C(=O)O. The van der Waals surface area contributed by atoms with Crippen LogP contribution in [0.1, 0.15) is 29.9 Å². The van der Waals surface area contributed by atoms with Crippen molar-refractivity contribution in [3.8, 4) is 17.2 Å². The lowest BCUT2D eigenvalue weighted by Gasteiger charge is -2.19. The highest BCUT2D eigenvalue weighted by molar-refractivity contribution is 6.27. The van der Waals surface area contributed by atoms with E-state index < -0.39 is 18.0 Å². The van der Waals surface area contributed by atoms with E-state index >= 15 is 0 Å². The summed E-state index contributed by atoms with van der Waals surface area (Å²) in [6.45, 7) is 1.60. The van der Waals surface area contributed by atoms with Crippen LogP contribution < -0.4 is 19.5 Å². The molecule has 0 aliphatic carbocycles. The van der Waals surface area contributed by atoms with Crippen LogP contribution >= 0.6 is 0 Å². The summed E-state index contributed by atoms with van der Waals surface area (Å²) in [6, 6.07) is 26.1. The number of hydrogen-bond donors (Lipinski definition) is 4. The zero-order valence-corrected chi connectivity index (χ0v) is 21.6. The number of nitrogens with one attached hydrogen (secondary N) is 1. The number of carbonyl (C=O) groups is 2. The van der Waals surface area contributed by atoms with E-state index in [9.17, 15) is 5.11 Å². The normalized spacial score (nSPS) is 11.2. The molecule has 0 radical (unpaired) electrons. The first-order valence-electron chi connectivity index (χ1n) is 12.1. The fraction of sp³-hybridized carbons (Fsp3) is 0.310. The third kappa shape index (κ3) is 10.9. The first kappa shape index (κ1) is 30.1. The van der Waals surface area contributed by atoms with Crippen LogP contribution in [0.4, 0.5) is 0 Å². The Morgan fingerprint density at radius 3 is 1.71 bits per heavy atom. The number of aliphatic carboxylic acids is 2. The van der Waals surface area contributed by atoms with Crippen LogP contribution in [0.5, 0.6) is 17.2 Å². The number of para-hydroxylation sites is 1. The van der Waals surface area contributed by atoms with E-state index in [-0.39, 0.29) is 12.5 Å². The Morgan fingerprint density at radius 1 is 0.763 bits per heavy atom. The lowest BCUT2D eigenvalue weighted by molar-refractivity contribution is -0.159. The van der Waals surface area contributed by atoms with Gasteiger partial charge in [-0.15, -0.1) is 0 Å². The molecule has 3 aromatic carbocycles. The number of ether oxygens (including phenoxy) is 3. The number of carboxylic acids is 2. The molecule has 0 bridgehead atoms. The standard InChI is InChI=1S/C27H33NO4.C2H2O4/c1-30-24-14-10-21(11-15-24)27(22-12-16-25(31-2)17-13-22)9-6-18-28-19-23(29)20-32-26-7-4-3-5-8-26;3-1(4)2(5)6/h3-5,7-8,10-17,23,27-29H,6,9,18-20H2,1-2H3;(H,3,4)(H,5,6)/t23-;/m0./s1. The summed E-state index contributed by atoms with van der Waals surface area (Å²) in [7, 11) is 3.36. The minimum absolute atomic E-state index is 0.275. The maximum atomic E-state index is 10.2. The van der Waals surface area contributed by atoms with Crippen molar-refractivity contribution in [1.82, 2.24) is 5.32 Å². The topological polar surface area (TPSA) is 135 Å². The summed E-state index contributed by atoms with van der Waals surface area (Å²) >= 11 is 0. The van der Waals surface area contributed by atoms with Gasteiger partial charge in [0.05, 0.1) is 14.2 Å². The summed E-state index contributed by atoms with van der Waals surface area (Å²) in [6.07, 6.45) is 1.42. The molecular weight excluding hydrogens is 490 g/mol. The Hall–Kier alpha value is -4.08. The molecule has 9 heteroatoms. The van der Waals surface area contributed by atoms with Crippen molar-refractivity contribution in [3.63, 3.8) is 0 Å². The third-order valence-electron chi connectivity index (χ3n) is 5.63. The van der Waals surface area contributed by atoms with E-state index in [1.165, 1.54) is 11.1 Å². The van der Waals surface area contributed by atoms with Gasteiger partial charge >= 0.3 is 11.9 Å². The quantitative estimate of drug-likeness (QED) is 0.194. The second-order valence-electron chi connectivity index (χ2n) is 8.33. The number of hydrogen-bond acceptors (Lipinski definition) is 7. The van der Waals surface area contributed by atoms with Gasteiger partial charge in [0.25, 0.3) is 0 Å². The second kappa shape index (κ2) is 16.6. The third-order valence-corrected chi connectivity index (χ3v) is 5.63. The number of aliphatic hydroxyl groups is 1. The van der Waals surface area contributed by atoms with Gasteiger partial charge in [-0.25, -0.2) is 9.59 Å². The van der Waals surface area contributed by atoms with Crippen molar-refractivity contribution in [2.45, 2.75) is 24.9 Å². The smallest absolute Gasteiger partial charge is 0.414 e. The van der Waals surface area contributed by atoms with Crippen molar-refractivity contribution in [1.29, 1.82) is 0 Å². The molecule has 4 N–H and O–H groups in total. The first-order chi connectivity index (χ1) is 18.3. The first-order valence-corrected chi connectivity index (χ1v) is 12.1. The van der Waals surface area contributed by atoms with Crippen molar-refractivity contribution in [2.75, 3.05) is 33.9 Å². The Bertz CT molecular complexity index is 1030. The molecule has 0 aliphatic rings. The lowest BCUT2D eigenvalue weighted by atomic mass is 9.87. The molecule has 0 fully saturated rings. The molecule has 3 rings (SSSR count). The average Bonchev–Trinajstić information content (AvgIpc) is 2.95. The van der Waals surface area contributed by atoms with Gasteiger partial charge < -0.3 is 34.8 Å². The number of rotatable bonds is 13. The zero-order chi connectivity index (χ0) is 27.8. The van der Waals surface area contributed by atoms with E-state index in [4.69, 9.17) is 34.0 Å².